The Hall–Kier alpha value is -3.41. The highest BCUT2D eigenvalue weighted by Crippen LogP contribution is 2.38. The zero-order valence-corrected chi connectivity index (χ0v) is 29.0. The van der Waals surface area contributed by atoms with Crippen LogP contribution in [0.25, 0.3) is 5.57 Å². The lowest BCUT2D eigenvalue weighted by Gasteiger charge is -2.41. The Labute approximate surface area is 263 Å². The van der Waals surface area contributed by atoms with Crippen LogP contribution in [0.15, 0.2) is 60.0 Å². The third kappa shape index (κ3) is 8.19. The normalized spacial score (nSPS) is 15.8. The topological polar surface area (TPSA) is 111 Å². The Morgan fingerprint density at radius 3 is 2.39 bits per heavy atom. The zero-order chi connectivity index (χ0) is 32.9. The zero-order valence-electron chi connectivity index (χ0n) is 27.2. The first-order valence-corrected chi connectivity index (χ1v) is 19.3. The first-order chi connectivity index (χ1) is 20.5. The summed E-state index contributed by atoms with van der Waals surface area (Å²) < 4.78 is 42.0. The van der Waals surface area contributed by atoms with E-state index in [-0.39, 0.29) is 39.8 Å². The highest BCUT2D eigenvalue weighted by Gasteiger charge is 2.39. The Balaban J connectivity index is 2.02. The number of hydrogen-bond donors (Lipinski definition) is 1. The molecule has 0 saturated heterocycles. The van der Waals surface area contributed by atoms with Gasteiger partial charge in [0.25, 0.3) is 5.91 Å². The van der Waals surface area contributed by atoms with Gasteiger partial charge in [-0.3, -0.25) is 10.1 Å². The molecule has 240 valence electrons. The van der Waals surface area contributed by atoms with E-state index in [4.69, 9.17) is 13.9 Å². The summed E-state index contributed by atoms with van der Waals surface area (Å²) in [6.07, 6.45) is 3.26. The molecule has 2 amide bonds. The van der Waals surface area contributed by atoms with E-state index in [1.54, 1.807) is 36.1 Å². The second-order valence-corrected chi connectivity index (χ2v) is 19.5. The molecule has 1 aliphatic heterocycles. The molecule has 2 aromatic carbocycles. The molecule has 0 saturated carbocycles. The van der Waals surface area contributed by atoms with E-state index in [1.807, 2.05) is 25.1 Å². The SMILES string of the molecule is C=CCOC(=O)Nc1cc(C)c(OC)cc1C(=O)N1CC=C(c2ccc(S(=O)(=O)CC)cc2)C[C@H]1CO[Si](C)(C)C(C)(C)C. The molecule has 0 unspecified atom stereocenters. The predicted octanol–water partition coefficient (Wildman–Crippen LogP) is 6.85. The molecule has 0 bridgehead atoms. The molecule has 1 heterocycles. The number of benzene rings is 2. The smallest absolute Gasteiger partial charge is 0.411 e. The summed E-state index contributed by atoms with van der Waals surface area (Å²) in [6.45, 7) is 18.5. The molecule has 1 aliphatic rings. The summed E-state index contributed by atoms with van der Waals surface area (Å²) in [5, 5.41) is 2.68. The van der Waals surface area contributed by atoms with Crippen LogP contribution in [-0.2, 0) is 19.0 Å². The van der Waals surface area contributed by atoms with E-state index in [2.05, 4.69) is 45.8 Å². The summed E-state index contributed by atoms with van der Waals surface area (Å²) in [7, 11) is -3.94. The molecule has 1 atom stereocenters. The molecule has 44 heavy (non-hydrogen) atoms. The fourth-order valence-corrected chi connectivity index (χ4v) is 6.55. The largest absolute Gasteiger partial charge is 0.496 e. The number of carbonyl (C=O) groups is 2. The van der Waals surface area contributed by atoms with Crippen molar-refractivity contribution in [3.63, 3.8) is 0 Å². The number of anilines is 1. The van der Waals surface area contributed by atoms with Gasteiger partial charge in [0.05, 0.1) is 41.7 Å². The van der Waals surface area contributed by atoms with Crippen molar-refractivity contribution in [1.29, 1.82) is 0 Å². The van der Waals surface area contributed by atoms with Crippen LogP contribution in [0, 0.1) is 6.92 Å². The van der Waals surface area contributed by atoms with Crippen molar-refractivity contribution in [2.45, 2.75) is 70.1 Å². The van der Waals surface area contributed by atoms with Crippen molar-refractivity contribution < 1.29 is 31.9 Å². The van der Waals surface area contributed by atoms with Crippen LogP contribution in [0.1, 0.15) is 55.6 Å². The average molecular weight is 643 g/mol. The highest BCUT2D eigenvalue weighted by molar-refractivity contribution is 7.91. The molecule has 1 N–H and O–H groups in total. The number of ether oxygens (including phenoxy) is 2. The van der Waals surface area contributed by atoms with Gasteiger partial charge in [-0.15, -0.1) is 0 Å². The molecule has 0 fully saturated rings. The lowest BCUT2D eigenvalue weighted by Crippen LogP contribution is -2.49. The minimum Gasteiger partial charge on any atom is -0.496 e. The molecule has 11 heteroatoms. The molecule has 3 rings (SSSR count). The number of carbonyl (C=O) groups excluding carboxylic acids is 2. The van der Waals surface area contributed by atoms with E-state index >= 15 is 0 Å². The molecule has 0 spiro atoms. The average Bonchev–Trinajstić information content (AvgIpc) is 2.98. The fraction of sp³-hybridized carbons (Fsp3) is 0.455. The van der Waals surface area contributed by atoms with Crippen molar-refractivity contribution in [3.05, 3.63) is 71.8 Å². The first kappa shape index (κ1) is 35.1. The number of methoxy groups -OCH3 is 1. The number of sulfone groups is 1. The van der Waals surface area contributed by atoms with Crippen molar-refractivity contribution in [2.24, 2.45) is 0 Å². The monoisotopic (exact) mass is 642 g/mol. The molecule has 9 nitrogen and oxygen atoms in total. The molecular formula is C33H46N2O7SSi. The third-order valence-electron chi connectivity index (χ3n) is 8.43. The quantitative estimate of drug-likeness (QED) is 0.211. The van der Waals surface area contributed by atoms with Crippen molar-refractivity contribution in [1.82, 2.24) is 4.90 Å². The molecular weight excluding hydrogens is 597 g/mol. The van der Waals surface area contributed by atoms with Gasteiger partial charge in [-0.05, 0) is 72.4 Å². The van der Waals surface area contributed by atoms with Gasteiger partial charge in [-0.2, -0.15) is 0 Å². The van der Waals surface area contributed by atoms with Gasteiger partial charge in [-0.25, -0.2) is 13.2 Å². The van der Waals surface area contributed by atoms with Gasteiger partial charge >= 0.3 is 6.09 Å². The Bertz CT molecular complexity index is 1510. The fourth-order valence-electron chi connectivity index (χ4n) is 4.63. The van der Waals surface area contributed by atoms with E-state index in [0.29, 0.717) is 31.0 Å². The number of nitrogens with one attached hydrogen (secondary N) is 1. The van der Waals surface area contributed by atoms with Crippen LogP contribution >= 0.6 is 0 Å². The lowest BCUT2D eigenvalue weighted by molar-refractivity contribution is 0.0627. The molecule has 0 aliphatic carbocycles. The van der Waals surface area contributed by atoms with Crippen molar-refractivity contribution in [2.75, 3.05) is 37.9 Å². The van der Waals surface area contributed by atoms with Crippen LogP contribution in [-0.4, -0.2) is 72.3 Å². The maximum Gasteiger partial charge on any atom is 0.411 e. The molecule has 0 radical (unpaired) electrons. The van der Waals surface area contributed by atoms with E-state index in [0.717, 1.165) is 16.7 Å². The van der Waals surface area contributed by atoms with Gasteiger partial charge in [0, 0.05) is 6.54 Å². The maximum atomic E-state index is 14.3. The predicted molar refractivity (Wildman–Crippen MR) is 178 cm³/mol. The van der Waals surface area contributed by atoms with Gasteiger partial charge in [0.1, 0.15) is 12.4 Å². The van der Waals surface area contributed by atoms with Crippen molar-refractivity contribution in [3.8, 4) is 5.75 Å². The minimum atomic E-state index is -3.31. The van der Waals surface area contributed by atoms with Gasteiger partial charge in [-0.1, -0.05) is 58.6 Å². The van der Waals surface area contributed by atoms with E-state index in [1.165, 1.54) is 13.2 Å². The second-order valence-electron chi connectivity index (χ2n) is 12.4. The first-order valence-electron chi connectivity index (χ1n) is 14.7. The maximum absolute atomic E-state index is 14.3. The van der Waals surface area contributed by atoms with Crippen molar-refractivity contribution >= 4 is 41.4 Å². The highest BCUT2D eigenvalue weighted by atomic mass is 32.2. The van der Waals surface area contributed by atoms with Crippen LogP contribution in [0.5, 0.6) is 5.75 Å². The summed E-state index contributed by atoms with van der Waals surface area (Å²) in [5.74, 6) is 0.264. The summed E-state index contributed by atoms with van der Waals surface area (Å²) >= 11 is 0. The van der Waals surface area contributed by atoms with Gasteiger partial charge in [0.2, 0.25) is 0 Å². The van der Waals surface area contributed by atoms with E-state index in [9.17, 15) is 18.0 Å². The Morgan fingerprint density at radius 1 is 1.16 bits per heavy atom. The standard InChI is InChI=1S/C33H46N2O7SSi/c1-10-18-41-32(37)34-29-19-23(3)30(40-7)21-28(29)31(36)35-17-16-25(20-26(35)22-42-44(8,9)33(4,5)6)24-12-14-27(15-13-24)43(38,39)11-2/h10,12-16,19,21,26H,1,11,17-18,20,22H2,2-9H3,(H,34,37)/t26-/m0/s1. The number of hydrogen-bond acceptors (Lipinski definition) is 7. The summed E-state index contributed by atoms with van der Waals surface area (Å²) in [5.41, 5.74) is 3.23. The number of nitrogens with zero attached hydrogens (tertiary/aromatic N) is 1. The van der Waals surface area contributed by atoms with Crippen LogP contribution in [0.2, 0.25) is 18.1 Å². The molecule has 0 aromatic heterocycles. The summed E-state index contributed by atoms with van der Waals surface area (Å²) in [4.78, 5) is 28.8. The van der Waals surface area contributed by atoms with Gasteiger partial charge < -0.3 is 18.8 Å². The second kappa shape index (κ2) is 14.1. The number of rotatable bonds is 11. The Morgan fingerprint density at radius 2 is 1.82 bits per heavy atom. The van der Waals surface area contributed by atoms with Crippen LogP contribution in [0.3, 0.4) is 0 Å². The number of amides is 2. The van der Waals surface area contributed by atoms with E-state index < -0.39 is 24.2 Å². The molecule has 2 aromatic rings. The third-order valence-corrected chi connectivity index (χ3v) is 14.7. The van der Waals surface area contributed by atoms with Crippen LogP contribution in [0.4, 0.5) is 10.5 Å². The number of aryl methyl sites for hydroxylation is 1. The minimum absolute atomic E-state index is 0.0248. The Kier molecular flexibility index (Phi) is 11.3. The van der Waals surface area contributed by atoms with Gasteiger partial charge in [0.15, 0.2) is 18.2 Å². The summed E-state index contributed by atoms with van der Waals surface area (Å²) in [6, 6.07) is 9.92. The van der Waals surface area contributed by atoms with Crippen LogP contribution < -0.4 is 10.1 Å². The lowest BCUT2D eigenvalue weighted by atomic mass is 9.93.